The van der Waals surface area contributed by atoms with Gasteiger partial charge in [0.15, 0.2) is 6.20 Å². The molecule has 5 nitrogen and oxygen atoms in total. The smallest absolute Gasteiger partial charge is 0.372 e. The predicted octanol–water partition coefficient (Wildman–Crippen LogP) is 4.96. The topological polar surface area (TPSA) is 55.3 Å². The van der Waals surface area contributed by atoms with E-state index in [0.29, 0.717) is 13.2 Å². The Labute approximate surface area is 198 Å². The minimum atomic E-state index is -0.241. The molecule has 0 spiro atoms. The van der Waals surface area contributed by atoms with Crippen molar-refractivity contribution in [2.24, 2.45) is 0 Å². The van der Waals surface area contributed by atoms with Crippen molar-refractivity contribution in [1.82, 2.24) is 4.57 Å². The van der Waals surface area contributed by atoms with Gasteiger partial charge >= 0.3 is 5.97 Å². The number of benzene rings is 3. The van der Waals surface area contributed by atoms with Crippen LogP contribution in [0.1, 0.15) is 18.1 Å². The van der Waals surface area contributed by atoms with E-state index in [0.717, 1.165) is 33.1 Å². The first-order valence-electron chi connectivity index (χ1n) is 11.6. The lowest BCUT2D eigenvalue weighted by atomic mass is 10.1. The van der Waals surface area contributed by atoms with Gasteiger partial charge in [-0.05, 0) is 42.3 Å². The Morgan fingerprint density at radius 2 is 1.71 bits per heavy atom. The number of pyridine rings is 1. The van der Waals surface area contributed by atoms with Crippen LogP contribution in [0.3, 0.4) is 0 Å². The van der Waals surface area contributed by atoms with Crippen molar-refractivity contribution in [2.75, 3.05) is 13.2 Å². The number of aliphatic hydroxyl groups is 1. The molecular weight excluding hydrogens is 424 g/mol. The third-order valence-electron chi connectivity index (χ3n) is 6.14. The van der Waals surface area contributed by atoms with E-state index in [4.69, 9.17) is 4.74 Å². The maximum atomic E-state index is 12.0. The van der Waals surface area contributed by atoms with Crippen molar-refractivity contribution in [2.45, 2.75) is 20.0 Å². The molecule has 5 aromatic rings. The third-order valence-corrected chi connectivity index (χ3v) is 6.14. The van der Waals surface area contributed by atoms with Crippen LogP contribution in [0.2, 0.25) is 0 Å². The molecule has 0 radical (unpaired) electrons. The lowest BCUT2D eigenvalue weighted by Crippen LogP contribution is -2.39. The number of carbonyl (C=O) groups is 1. The molecule has 0 bridgehead atoms. The minimum absolute atomic E-state index is 0.104. The van der Waals surface area contributed by atoms with Gasteiger partial charge in [-0.25, -0.2) is 4.79 Å². The van der Waals surface area contributed by atoms with Gasteiger partial charge in [0.05, 0.1) is 18.6 Å². The Balaban J connectivity index is 1.53. The van der Waals surface area contributed by atoms with Crippen LogP contribution >= 0.6 is 0 Å². The Kier molecular flexibility index (Phi) is 6.11. The van der Waals surface area contributed by atoms with E-state index < -0.39 is 0 Å². The SMILES string of the molecule is CCOC(=O)C[n+]1ccc(/C=C/c2ccc3c(c2)c2ccccc2n3CCO)c2ccccc21. The minimum Gasteiger partial charge on any atom is -0.461 e. The van der Waals surface area contributed by atoms with Crippen molar-refractivity contribution in [3.8, 4) is 0 Å². The number of hydrogen-bond acceptors (Lipinski definition) is 3. The van der Waals surface area contributed by atoms with Crippen molar-refractivity contribution in [3.05, 3.63) is 90.1 Å². The molecule has 0 atom stereocenters. The molecule has 1 N–H and O–H groups in total. The average Bonchev–Trinajstić information content (AvgIpc) is 3.17. The first-order valence-corrected chi connectivity index (χ1v) is 11.6. The molecule has 0 aliphatic carbocycles. The Morgan fingerprint density at radius 1 is 0.941 bits per heavy atom. The van der Waals surface area contributed by atoms with Crippen LogP contribution in [-0.4, -0.2) is 28.9 Å². The van der Waals surface area contributed by atoms with Crippen LogP contribution in [0.5, 0.6) is 0 Å². The summed E-state index contributed by atoms with van der Waals surface area (Å²) in [4.78, 5) is 12.0. The molecule has 0 saturated heterocycles. The van der Waals surface area contributed by atoms with E-state index in [2.05, 4.69) is 59.2 Å². The summed E-state index contributed by atoms with van der Waals surface area (Å²) in [6.07, 6.45) is 6.17. The number of fused-ring (bicyclic) bond motifs is 4. The van der Waals surface area contributed by atoms with Gasteiger partial charge in [0.1, 0.15) is 0 Å². The van der Waals surface area contributed by atoms with Gasteiger partial charge in [0.25, 0.3) is 0 Å². The largest absolute Gasteiger partial charge is 0.461 e. The molecule has 34 heavy (non-hydrogen) atoms. The number of para-hydroxylation sites is 2. The number of nitrogens with zero attached hydrogens (tertiary/aromatic N) is 2. The van der Waals surface area contributed by atoms with Crippen molar-refractivity contribution in [1.29, 1.82) is 0 Å². The van der Waals surface area contributed by atoms with Gasteiger partial charge in [-0.1, -0.05) is 48.6 Å². The summed E-state index contributed by atoms with van der Waals surface area (Å²) in [6, 6.07) is 24.9. The zero-order valence-corrected chi connectivity index (χ0v) is 19.1. The Hall–Kier alpha value is -3.96. The molecule has 0 aliphatic heterocycles. The molecule has 2 aromatic heterocycles. The average molecular weight is 452 g/mol. The summed E-state index contributed by atoms with van der Waals surface area (Å²) < 4.78 is 9.22. The van der Waals surface area contributed by atoms with Crippen LogP contribution in [-0.2, 0) is 22.6 Å². The van der Waals surface area contributed by atoms with E-state index in [9.17, 15) is 9.90 Å². The number of hydrogen-bond donors (Lipinski definition) is 1. The first-order chi connectivity index (χ1) is 16.7. The zero-order valence-electron chi connectivity index (χ0n) is 19.1. The van der Waals surface area contributed by atoms with E-state index >= 15 is 0 Å². The van der Waals surface area contributed by atoms with Gasteiger partial charge in [0, 0.05) is 40.5 Å². The van der Waals surface area contributed by atoms with Crippen LogP contribution in [0.15, 0.2) is 79.0 Å². The van der Waals surface area contributed by atoms with Gasteiger partial charge < -0.3 is 14.4 Å². The van der Waals surface area contributed by atoms with E-state index in [1.807, 2.05) is 48.0 Å². The monoisotopic (exact) mass is 451 g/mol. The highest BCUT2D eigenvalue weighted by Crippen LogP contribution is 2.30. The number of carbonyl (C=O) groups excluding carboxylic acids is 1. The molecular formula is C29H27N2O3+. The maximum Gasteiger partial charge on any atom is 0.372 e. The fraction of sp³-hybridized carbons (Fsp3) is 0.172. The summed E-state index contributed by atoms with van der Waals surface area (Å²) >= 11 is 0. The van der Waals surface area contributed by atoms with Crippen molar-refractivity contribution >= 4 is 50.8 Å². The predicted molar refractivity (Wildman–Crippen MR) is 136 cm³/mol. The summed E-state index contributed by atoms with van der Waals surface area (Å²) in [6.45, 7) is 3.05. The van der Waals surface area contributed by atoms with Crippen LogP contribution < -0.4 is 4.57 Å². The second-order valence-corrected chi connectivity index (χ2v) is 8.22. The summed E-state index contributed by atoms with van der Waals surface area (Å²) in [5.41, 5.74) is 5.43. The highest BCUT2D eigenvalue weighted by Gasteiger charge is 2.16. The number of aliphatic hydroxyl groups excluding tert-OH is 1. The van der Waals surface area contributed by atoms with Crippen LogP contribution in [0, 0.1) is 0 Å². The van der Waals surface area contributed by atoms with Crippen molar-refractivity contribution < 1.29 is 19.2 Å². The van der Waals surface area contributed by atoms with E-state index in [-0.39, 0.29) is 19.1 Å². The maximum absolute atomic E-state index is 12.0. The van der Waals surface area contributed by atoms with Gasteiger partial charge in [-0.2, -0.15) is 4.57 Å². The van der Waals surface area contributed by atoms with Crippen molar-refractivity contribution in [3.63, 3.8) is 0 Å². The van der Waals surface area contributed by atoms with Gasteiger partial charge in [-0.15, -0.1) is 0 Å². The lowest BCUT2D eigenvalue weighted by molar-refractivity contribution is -0.660. The standard InChI is InChI=1S/C29H27N2O3/c1-2-34-29(33)20-30-16-15-22(23-7-3-5-9-26(23)30)13-11-21-12-14-28-25(19-21)24-8-4-6-10-27(24)31(28)17-18-32/h3-16,19,32H,2,17-18,20H2,1H3/q+1. The molecule has 0 fully saturated rings. The van der Waals surface area contributed by atoms with Gasteiger partial charge in [-0.3, -0.25) is 0 Å². The molecule has 5 rings (SSSR count). The quantitative estimate of drug-likeness (QED) is 0.281. The second kappa shape index (κ2) is 9.49. The molecule has 3 aromatic carbocycles. The Bertz CT molecular complexity index is 1530. The van der Waals surface area contributed by atoms with Crippen LogP contribution in [0.25, 0.3) is 44.9 Å². The molecule has 0 amide bonds. The normalized spacial score (nSPS) is 11.7. The van der Waals surface area contributed by atoms with Crippen LogP contribution in [0.4, 0.5) is 0 Å². The summed E-state index contributed by atoms with van der Waals surface area (Å²) in [7, 11) is 0. The summed E-state index contributed by atoms with van der Waals surface area (Å²) in [5.74, 6) is -0.241. The molecule has 0 aliphatic rings. The number of rotatable bonds is 7. The number of aromatic nitrogens is 2. The summed E-state index contributed by atoms with van der Waals surface area (Å²) in [5, 5.41) is 13.0. The van der Waals surface area contributed by atoms with Gasteiger partial charge in [0.2, 0.25) is 12.1 Å². The first kappa shape index (κ1) is 21.9. The van der Waals surface area contributed by atoms with E-state index in [1.165, 1.54) is 10.8 Å². The molecule has 0 unspecified atom stereocenters. The number of esters is 1. The molecule has 0 saturated carbocycles. The fourth-order valence-corrected chi connectivity index (χ4v) is 4.64. The molecule has 5 heteroatoms. The second-order valence-electron chi connectivity index (χ2n) is 8.22. The third kappa shape index (κ3) is 4.06. The van der Waals surface area contributed by atoms with E-state index in [1.54, 1.807) is 0 Å². The fourth-order valence-electron chi connectivity index (χ4n) is 4.64. The number of ether oxygens (including phenoxy) is 1. The lowest BCUT2D eigenvalue weighted by Gasteiger charge is -2.05. The Morgan fingerprint density at radius 3 is 2.53 bits per heavy atom. The molecule has 2 heterocycles. The zero-order chi connectivity index (χ0) is 23.5. The highest BCUT2D eigenvalue weighted by molar-refractivity contribution is 6.08. The highest BCUT2D eigenvalue weighted by atomic mass is 16.5. The molecule has 170 valence electrons.